The van der Waals surface area contributed by atoms with Gasteiger partial charge in [0.15, 0.2) is 0 Å². The molecule has 6 heteroatoms. The largest absolute Gasteiger partial charge is 0.480 e. The van der Waals surface area contributed by atoms with Gasteiger partial charge in [-0.15, -0.1) is 0 Å². The van der Waals surface area contributed by atoms with Crippen molar-refractivity contribution in [1.82, 2.24) is 10.1 Å². The molecule has 0 spiro atoms. The van der Waals surface area contributed by atoms with Crippen LogP contribution in [0.2, 0.25) is 0 Å². The van der Waals surface area contributed by atoms with E-state index in [9.17, 15) is 14.7 Å². The summed E-state index contributed by atoms with van der Waals surface area (Å²) in [5.74, 6) is -1.24. The van der Waals surface area contributed by atoms with Crippen LogP contribution in [-0.4, -0.2) is 39.1 Å². The fourth-order valence-electron chi connectivity index (χ4n) is 2.29. The first-order valence-electron chi connectivity index (χ1n) is 5.93. The van der Waals surface area contributed by atoms with Crippen molar-refractivity contribution in [2.45, 2.75) is 38.6 Å². The van der Waals surface area contributed by atoms with Crippen molar-refractivity contribution in [3.05, 3.63) is 17.5 Å². The van der Waals surface area contributed by atoms with Crippen LogP contribution >= 0.6 is 0 Å². The van der Waals surface area contributed by atoms with E-state index >= 15 is 0 Å². The Hall–Kier alpha value is -1.85. The average molecular weight is 252 g/mol. The highest BCUT2D eigenvalue weighted by molar-refractivity contribution is 5.96. The Morgan fingerprint density at radius 1 is 1.50 bits per heavy atom. The SMILES string of the molecule is Cc1cnoc1C(=O)N1CCCCC1(C)C(=O)O. The van der Waals surface area contributed by atoms with E-state index in [0.717, 1.165) is 12.8 Å². The van der Waals surface area contributed by atoms with Gasteiger partial charge in [0, 0.05) is 12.1 Å². The number of carboxylic acid groups (broad SMARTS) is 1. The number of aliphatic carboxylic acids is 1. The van der Waals surface area contributed by atoms with Crippen LogP contribution < -0.4 is 0 Å². The standard InChI is InChI=1S/C12H16N2O4/c1-8-7-13-18-9(8)10(15)14-6-4-3-5-12(14,2)11(16)17/h7H,3-6H2,1-2H3,(H,16,17). The molecule has 6 nitrogen and oxygen atoms in total. The minimum absolute atomic E-state index is 0.129. The number of piperidine rings is 1. The summed E-state index contributed by atoms with van der Waals surface area (Å²) in [5, 5.41) is 12.9. The number of carbonyl (C=O) groups excluding carboxylic acids is 1. The summed E-state index contributed by atoms with van der Waals surface area (Å²) in [6, 6.07) is 0. The van der Waals surface area contributed by atoms with E-state index < -0.39 is 17.4 Å². The van der Waals surface area contributed by atoms with Gasteiger partial charge in [0.05, 0.1) is 6.20 Å². The monoisotopic (exact) mass is 252 g/mol. The third-order valence-corrected chi connectivity index (χ3v) is 3.54. The molecule has 1 fully saturated rings. The average Bonchev–Trinajstić information content (AvgIpc) is 2.75. The van der Waals surface area contributed by atoms with Crippen LogP contribution in [0.15, 0.2) is 10.7 Å². The number of hydrogen-bond donors (Lipinski definition) is 1. The van der Waals surface area contributed by atoms with Gasteiger partial charge in [-0.25, -0.2) is 4.79 Å². The fourth-order valence-corrected chi connectivity index (χ4v) is 2.29. The first-order chi connectivity index (χ1) is 8.47. The Labute approximate surface area is 105 Å². The van der Waals surface area contributed by atoms with Gasteiger partial charge in [-0.05, 0) is 33.1 Å². The van der Waals surface area contributed by atoms with Gasteiger partial charge < -0.3 is 14.5 Å². The molecule has 0 bridgehead atoms. The van der Waals surface area contributed by atoms with Crippen LogP contribution in [0.5, 0.6) is 0 Å². The first-order valence-corrected chi connectivity index (χ1v) is 5.93. The van der Waals surface area contributed by atoms with E-state index in [2.05, 4.69) is 5.16 Å². The van der Waals surface area contributed by atoms with E-state index in [1.807, 2.05) is 0 Å². The number of carbonyl (C=O) groups is 2. The highest BCUT2D eigenvalue weighted by Crippen LogP contribution is 2.30. The molecule has 1 aliphatic heterocycles. The summed E-state index contributed by atoms with van der Waals surface area (Å²) in [6.45, 7) is 3.73. The zero-order valence-electron chi connectivity index (χ0n) is 10.5. The van der Waals surface area contributed by atoms with Gasteiger partial charge in [0.25, 0.3) is 5.91 Å². The summed E-state index contributed by atoms with van der Waals surface area (Å²) in [6.07, 6.45) is 3.53. The Kier molecular flexibility index (Phi) is 3.11. The first kappa shape index (κ1) is 12.6. The molecule has 0 saturated carbocycles. The number of rotatable bonds is 2. The molecule has 1 aliphatic rings. The number of hydrogen-bond acceptors (Lipinski definition) is 4. The topological polar surface area (TPSA) is 83.6 Å². The lowest BCUT2D eigenvalue weighted by atomic mass is 9.88. The van der Waals surface area contributed by atoms with Gasteiger partial charge in [-0.2, -0.15) is 0 Å². The van der Waals surface area contributed by atoms with Gasteiger partial charge in [0.2, 0.25) is 5.76 Å². The van der Waals surface area contributed by atoms with Gasteiger partial charge in [-0.1, -0.05) is 5.16 Å². The Morgan fingerprint density at radius 2 is 2.22 bits per heavy atom. The van der Waals surface area contributed by atoms with Crippen LogP contribution in [0.4, 0.5) is 0 Å². The van der Waals surface area contributed by atoms with E-state index in [4.69, 9.17) is 4.52 Å². The molecule has 18 heavy (non-hydrogen) atoms. The second-order valence-corrected chi connectivity index (χ2v) is 4.83. The quantitative estimate of drug-likeness (QED) is 0.861. The molecule has 1 unspecified atom stereocenters. The van der Waals surface area contributed by atoms with Crippen LogP contribution in [0.1, 0.15) is 42.3 Å². The molecule has 2 rings (SSSR count). The Morgan fingerprint density at radius 3 is 2.78 bits per heavy atom. The summed E-state index contributed by atoms with van der Waals surface area (Å²) in [4.78, 5) is 25.1. The van der Waals surface area contributed by atoms with Gasteiger partial charge >= 0.3 is 5.97 Å². The van der Waals surface area contributed by atoms with Crippen molar-refractivity contribution in [3.63, 3.8) is 0 Å². The molecule has 0 radical (unpaired) electrons. The van der Waals surface area contributed by atoms with E-state index in [-0.39, 0.29) is 5.76 Å². The molecular weight excluding hydrogens is 236 g/mol. The number of carboxylic acids is 1. The second-order valence-electron chi connectivity index (χ2n) is 4.83. The summed E-state index contributed by atoms with van der Waals surface area (Å²) >= 11 is 0. The molecule has 1 N–H and O–H groups in total. The number of amides is 1. The lowest BCUT2D eigenvalue weighted by Gasteiger charge is -2.41. The molecule has 1 aromatic heterocycles. The highest BCUT2D eigenvalue weighted by atomic mass is 16.5. The van der Waals surface area contributed by atoms with Gasteiger partial charge in [0.1, 0.15) is 5.54 Å². The summed E-state index contributed by atoms with van der Waals surface area (Å²) in [5.41, 5.74) is -0.535. The predicted molar refractivity (Wildman–Crippen MR) is 62.2 cm³/mol. The maximum atomic E-state index is 12.3. The number of likely N-dealkylation sites (tertiary alicyclic amines) is 1. The predicted octanol–water partition coefficient (Wildman–Crippen LogP) is 1.45. The Balaban J connectivity index is 2.33. The Bertz CT molecular complexity index is 482. The molecular formula is C12H16N2O4. The number of aromatic nitrogens is 1. The van der Waals surface area contributed by atoms with Crippen molar-refractivity contribution in [1.29, 1.82) is 0 Å². The van der Waals surface area contributed by atoms with Crippen molar-refractivity contribution in [2.24, 2.45) is 0 Å². The minimum atomic E-state index is -1.16. The fraction of sp³-hybridized carbons (Fsp3) is 0.583. The maximum Gasteiger partial charge on any atom is 0.329 e. The van der Waals surface area contributed by atoms with Gasteiger partial charge in [-0.3, -0.25) is 4.79 Å². The normalized spacial score (nSPS) is 24.0. The molecule has 1 saturated heterocycles. The third kappa shape index (κ3) is 1.87. The smallest absolute Gasteiger partial charge is 0.329 e. The van der Waals surface area contributed by atoms with Crippen LogP contribution in [0.3, 0.4) is 0 Å². The van der Waals surface area contributed by atoms with E-state index in [1.165, 1.54) is 11.1 Å². The third-order valence-electron chi connectivity index (χ3n) is 3.54. The van der Waals surface area contributed by atoms with E-state index in [0.29, 0.717) is 18.5 Å². The zero-order valence-corrected chi connectivity index (χ0v) is 10.5. The van der Waals surface area contributed by atoms with Crippen molar-refractivity contribution >= 4 is 11.9 Å². The van der Waals surface area contributed by atoms with Crippen molar-refractivity contribution in [3.8, 4) is 0 Å². The van der Waals surface area contributed by atoms with Crippen LogP contribution in [0.25, 0.3) is 0 Å². The highest BCUT2D eigenvalue weighted by Gasteiger charge is 2.45. The van der Waals surface area contributed by atoms with Crippen molar-refractivity contribution in [2.75, 3.05) is 6.54 Å². The molecule has 2 heterocycles. The minimum Gasteiger partial charge on any atom is -0.480 e. The zero-order chi connectivity index (χ0) is 13.3. The molecule has 1 amide bonds. The number of nitrogens with zero attached hydrogens (tertiary/aromatic N) is 2. The molecule has 0 aromatic carbocycles. The lowest BCUT2D eigenvalue weighted by Crippen LogP contribution is -2.57. The molecule has 98 valence electrons. The summed E-state index contributed by atoms with van der Waals surface area (Å²) < 4.78 is 4.92. The lowest BCUT2D eigenvalue weighted by molar-refractivity contribution is -0.150. The number of aryl methyl sites for hydroxylation is 1. The summed E-state index contributed by atoms with van der Waals surface area (Å²) in [7, 11) is 0. The molecule has 0 aliphatic carbocycles. The van der Waals surface area contributed by atoms with E-state index in [1.54, 1.807) is 13.8 Å². The maximum absolute atomic E-state index is 12.3. The second kappa shape index (κ2) is 4.44. The molecule has 1 aromatic rings. The van der Waals surface area contributed by atoms with Crippen LogP contribution in [0, 0.1) is 6.92 Å². The molecule has 1 atom stereocenters. The van der Waals surface area contributed by atoms with Crippen LogP contribution in [-0.2, 0) is 4.79 Å². The van der Waals surface area contributed by atoms with Crippen molar-refractivity contribution < 1.29 is 19.2 Å².